The number of H-pyrrole nitrogens is 1. The van der Waals surface area contributed by atoms with E-state index in [4.69, 9.17) is 4.74 Å². The van der Waals surface area contributed by atoms with E-state index >= 15 is 0 Å². The summed E-state index contributed by atoms with van der Waals surface area (Å²) in [6.45, 7) is 3.13. The molecule has 0 radical (unpaired) electrons. The maximum Gasteiger partial charge on any atom is 0.434 e. The lowest BCUT2D eigenvalue weighted by molar-refractivity contribution is -0.141. The number of alkyl halides is 3. The van der Waals surface area contributed by atoms with Crippen LogP contribution in [0.3, 0.4) is 0 Å². The Morgan fingerprint density at radius 1 is 1.13 bits per heavy atom. The van der Waals surface area contributed by atoms with E-state index in [9.17, 15) is 13.2 Å². The minimum atomic E-state index is -4.57. The van der Waals surface area contributed by atoms with Gasteiger partial charge in [0.1, 0.15) is 17.6 Å². The van der Waals surface area contributed by atoms with E-state index < -0.39 is 11.9 Å². The summed E-state index contributed by atoms with van der Waals surface area (Å²) in [7, 11) is 0. The minimum Gasteiger partial charge on any atom is -0.367 e. The Labute approximate surface area is 173 Å². The number of nitrogens with one attached hydrogen (secondary N) is 1. The van der Waals surface area contributed by atoms with Crippen LogP contribution in [0.4, 0.5) is 19.0 Å². The van der Waals surface area contributed by atoms with Crippen molar-refractivity contribution in [1.29, 1.82) is 0 Å². The number of hydrogen-bond donors (Lipinski definition) is 1. The topological polar surface area (TPSA) is 97.1 Å². The third-order valence-corrected chi connectivity index (χ3v) is 5.03. The molecule has 0 amide bonds. The number of anilines is 1. The Morgan fingerprint density at radius 3 is 2.77 bits per heavy atom. The number of rotatable bonds is 3. The summed E-state index contributed by atoms with van der Waals surface area (Å²) in [6.07, 6.45) is 3.70. The average molecular weight is 430 g/mol. The van der Waals surface area contributed by atoms with E-state index in [0.29, 0.717) is 24.6 Å². The summed E-state index contributed by atoms with van der Waals surface area (Å²) < 4.78 is 46.6. The zero-order valence-corrected chi connectivity index (χ0v) is 16.3. The Hall–Kier alpha value is -3.54. The van der Waals surface area contributed by atoms with E-state index in [0.717, 1.165) is 18.0 Å². The van der Waals surface area contributed by atoms with Gasteiger partial charge in [-0.3, -0.25) is 9.50 Å². The van der Waals surface area contributed by atoms with Crippen LogP contribution in [-0.2, 0) is 10.9 Å². The molecule has 0 aromatic carbocycles. The van der Waals surface area contributed by atoms with Crippen LogP contribution in [0.1, 0.15) is 24.3 Å². The Balaban J connectivity index is 1.49. The highest BCUT2D eigenvalue weighted by molar-refractivity contribution is 5.58. The second-order valence-corrected chi connectivity index (χ2v) is 7.25. The van der Waals surface area contributed by atoms with Crippen LogP contribution < -0.4 is 4.90 Å². The van der Waals surface area contributed by atoms with Gasteiger partial charge in [0.15, 0.2) is 17.2 Å². The first-order chi connectivity index (χ1) is 14.9. The summed E-state index contributed by atoms with van der Waals surface area (Å²) >= 11 is 0. The number of nitrogens with zero attached hydrogens (tertiary/aromatic N) is 7. The predicted octanol–water partition coefficient (Wildman–Crippen LogP) is 2.89. The maximum absolute atomic E-state index is 13.1. The largest absolute Gasteiger partial charge is 0.434 e. The molecule has 5 rings (SSSR count). The van der Waals surface area contributed by atoms with Crippen LogP contribution in [0.25, 0.3) is 17.2 Å². The van der Waals surface area contributed by atoms with Gasteiger partial charge in [-0.1, -0.05) is 0 Å². The first-order valence-electron chi connectivity index (χ1n) is 9.51. The number of morpholine rings is 1. The van der Waals surface area contributed by atoms with E-state index in [1.54, 1.807) is 24.7 Å². The van der Waals surface area contributed by atoms with Gasteiger partial charge in [-0.2, -0.15) is 18.3 Å². The number of aromatic nitrogens is 7. The lowest BCUT2D eigenvalue weighted by Gasteiger charge is -2.37. The number of imidazole rings is 1. The molecule has 4 aromatic rings. The van der Waals surface area contributed by atoms with Gasteiger partial charge in [-0.05, 0) is 13.0 Å². The first kappa shape index (κ1) is 19.4. The lowest BCUT2D eigenvalue weighted by Crippen LogP contribution is -2.43. The summed E-state index contributed by atoms with van der Waals surface area (Å²) in [5.74, 6) is 0.914. The Bertz CT molecular complexity index is 1210. The van der Waals surface area contributed by atoms with Crippen LogP contribution in [0, 0.1) is 0 Å². The van der Waals surface area contributed by atoms with Crippen molar-refractivity contribution in [2.45, 2.75) is 25.3 Å². The molecule has 0 spiro atoms. The second kappa shape index (κ2) is 7.30. The molecule has 12 heteroatoms. The molecule has 0 saturated carbocycles. The number of halogens is 3. The van der Waals surface area contributed by atoms with E-state index in [-0.39, 0.29) is 23.7 Å². The second-order valence-electron chi connectivity index (χ2n) is 7.25. The van der Waals surface area contributed by atoms with Crippen molar-refractivity contribution in [2.75, 3.05) is 18.0 Å². The molecule has 2 atom stereocenters. The molecule has 1 fully saturated rings. The number of hydrogen-bond acceptors (Lipinski definition) is 7. The highest BCUT2D eigenvalue weighted by atomic mass is 19.4. The molecule has 1 saturated heterocycles. The first-order valence-corrected chi connectivity index (χ1v) is 9.51. The SMILES string of the molecule is CC1CN(c2ccnc(-c3cnc4cnc(C(F)(F)F)cn34)n2)CC(c2cn[nH]c2)O1. The molecule has 0 aliphatic carbocycles. The molecule has 2 unspecified atom stereocenters. The van der Waals surface area contributed by atoms with Crippen LogP contribution >= 0.6 is 0 Å². The zero-order chi connectivity index (χ0) is 21.6. The molecule has 31 heavy (non-hydrogen) atoms. The summed E-state index contributed by atoms with van der Waals surface area (Å²) in [5.41, 5.74) is 0.537. The minimum absolute atomic E-state index is 0.0525. The Kier molecular flexibility index (Phi) is 4.58. The van der Waals surface area contributed by atoms with Gasteiger partial charge < -0.3 is 9.64 Å². The van der Waals surface area contributed by atoms with Crippen LogP contribution in [0.2, 0.25) is 0 Å². The van der Waals surface area contributed by atoms with Gasteiger partial charge in [0.25, 0.3) is 0 Å². The van der Waals surface area contributed by atoms with Crippen molar-refractivity contribution in [2.24, 2.45) is 0 Å². The fourth-order valence-corrected chi connectivity index (χ4v) is 3.61. The molecule has 160 valence electrons. The van der Waals surface area contributed by atoms with Gasteiger partial charge in [-0.15, -0.1) is 0 Å². The highest BCUT2D eigenvalue weighted by Crippen LogP contribution is 2.30. The molecule has 9 nitrogen and oxygen atoms in total. The standard InChI is InChI=1S/C19H17F3N8O/c1-11-8-29(9-14(31-11)12-4-26-27-5-12)16-2-3-23-18(28-16)13-6-25-17-7-24-15(10-30(13)17)19(20,21)22/h2-7,10-11,14H,8-9H2,1H3,(H,26,27). The third-order valence-electron chi connectivity index (χ3n) is 5.03. The Morgan fingerprint density at radius 2 is 2.00 bits per heavy atom. The smallest absolute Gasteiger partial charge is 0.367 e. The average Bonchev–Trinajstić information content (AvgIpc) is 3.42. The van der Waals surface area contributed by atoms with Crippen molar-refractivity contribution in [3.63, 3.8) is 0 Å². The monoisotopic (exact) mass is 430 g/mol. The van der Waals surface area contributed by atoms with E-state index in [1.165, 1.54) is 10.6 Å². The van der Waals surface area contributed by atoms with Crippen molar-refractivity contribution in [3.05, 3.63) is 54.5 Å². The molecular weight excluding hydrogens is 413 g/mol. The van der Waals surface area contributed by atoms with Gasteiger partial charge in [0.2, 0.25) is 0 Å². The molecule has 4 aromatic heterocycles. The quantitative estimate of drug-likeness (QED) is 0.534. The number of fused-ring (bicyclic) bond motifs is 1. The summed E-state index contributed by atoms with van der Waals surface area (Å²) in [6, 6.07) is 1.76. The summed E-state index contributed by atoms with van der Waals surface area (Å²) in [4.78, 5) is 18.5. The molecule has 1 aliphatic rings. The van der Waals surface area contributed by atoms with Gasteiger partial charge in [-0.25, -0.2) is 19.9 Å². The fourth-order valence-electron chi connectivity index (χ4n) is 3.61. The maximum atomic E-state index is 13.1. The molecule has 0 bridgehead atoms. The van der Waals surface area contributed by atoms with Crippen molar-refractivity contribution < 1.29 is 17.9 Å². The third kappa shape index (κ3) is 3.69. The van der Waals surface area contributed by atoms with Gasteiger partial charge in [0.05, 0.1) is 31.2 Å². The normalized spacial score (nSPS) is 19.8. The molecule has 5 heterocycles. The van der Waals surface area contributed by atoms with Crippen molar-refractivity contribution in [1.82, 2.24) is 34.5 Å². The van der Waals surface area contributed by atoms with E-state index in [1.807, 2.05) is 6.92 Å². The van der Waals surface area contributed by atoms with Crippen LogP contribution in [-0.4, -0.2) is 53.7 Å². The van der Waals surface area contributed by atoms with Crippen LogP contribution in [0.15, 0.2) is 43.2 Å². The predicted molar refractivity (Wildman–Crippen MR) is 103 cm³/mol. The van der Waals surface area contributed by atoms with Gasteiger partial charge in [0, 0.05) is 30.7 Å². The lowest BCUT2D eigenvalue weighted by atomic mass is 10.1. The van der Waals surface area contributed by atoms with E-state index in [2.05, 4.69) is 35.0 Å². The molecular formula is C19H17F3N8O. The van der Waals surface area contributed by atoms with Crippen molar-refractivity contribution in [3.8, 4) is 11.5 Å². The fraction of sp³-hybridized carbons (Fsp3) is 0.316. The van der Waals surface area contributed by atoms with Crippen molar-refractivity contribution >= 4 is 11.5 Å². The highest BCUT2D eigenvalue weighted by Gasteiger charge is 2.33. The van der Waals surface area contributed by atoms with Gasteiger partial charge >= 0.3 is 6.18 Å². The zero-order valence-electron chi connectivity index (χ0n) is 16.3. The molecule has 1 aliphatic heterocycles. The number of ether oxygens (including phenoxy) is 1. The van der Waals surface area contributed by atoms with Crippen LogP contribution in [0.5, 0.6) is 0 Å². The summed E-state index contributed by atoms with van der Waals surface area (Å²) in [5, 5.41) is 6.76. The molecule has 1 N–H and O–H groups in total. The number of aromatic amines is 1.